The molecule has 1 aromatic heterocycles. The van der Waals surface area contributed by atoms with Crippen molar-refractivity contribution in [3.63, 3.8) is 0 Å². The molecule has 5 heteroatoms. The number of aliphatic carboxylic acids is 1. The Labute approximate surface area is 92.7 Å². The van der Waals surface area contributed by atoms with Gasteiger partial charge in [0.05, 0.1) is 18.7 Å². The van der Waals surface area contributed by atoms with Crippen LogP contribution in [0.4, 0.5) is 0 Å². The topological polar surface area (TPSA) is 55.1 Å². The molecule has 4 nitrogen and oxygen atoms in total. The summed E-state index contributed by atoms with van der Waals surface area (Å²) in [6.45, 7) is 0. The number of carbonyl (C=O) groups is 1. The molecule has 1 saturated heterocycles. The zero-order valence-corrected chi connectivity index (χ0v) is 9.24. The maximum absolute atomic E-state index is 10.5. The van der Waals surface area contributed by atoms with Crippen LogP contribution in [0.3, 0.4) is 0 Å². The Hall–Kier alpha value is -0.970. The fourth-order valence-corrected chi connectivity index (χ4v) is 2.87. The van der Waals surface area contributed by atoms with E-state index in [9.17, 15) is 4.79 Å². The number of nitrogens with zero attached hydrogens (tertiary/aromatic N) is 2. The van der Waals surface area contributed by atoms with Crippen LogP contribution < -0.4 is 0 Å². The molecule has 1 aliphatic rings. The summed E-state index contributed by atoms with van der Waals surface area (Å²) >= 11 is 1.98. The number of rotatable bonds is 3. The van der Waals surface area contributed by atoms with Gasteiger partial charge in [-0.1, -0.05) is 0 Å². The molecule has 15 heavy (non-hydrogen) atoms. The minimum absolute atomic E-state index is 0.0709. The van der Waals surface area contributed by atoms with E-state index in [2.05, 4.69) is 5.10 Å². The van der Waals surface area contributed by atoms with E-state index in [0.717, 1.165) is 18.4 Å². The third-order valence-corrected chi connectivity index (χ3v) is 3.62. The van der Waals surface area contributed by atoms with Gasteiger partial charge < -0.3 is 5.11 Å². The van der Waals surface area contributed by atoms with Gasteiger partial charge in [0.15, 0.2) is 0 Å². The minimum atomic E-state index is -0.797. The van der Waals surface area contributed by atoms with Crippen molar-refractivity contribution in [3.8, 4) is 0 Å². The quantitative estimate of drug-likeness (QED) is 0.850. The Bertz CT molecular complexity index is 345. The Morgan fingerprint density at radius 2 is 2.33 bits per heavy atom. The van der Waals surface area contributed by atoms with Gasteiger partial charge in [-0.25, -0.2) is 0 Å². The summed E-state index contributed by atoms with van der Waals surface area (Å²) < 4.78 is 1.93. The van der Waals surface area contributed by atoms with E-state index < -0.39 is 5.97 Å². The zero-order chi connectivity index (χ0) is 10.7. The molecule has 0 saturated carbocycles. The van der Waals surface area contributed by atoms with E-state index >= 15 is 0 Å². The van der Waals surface area contributed by atoms with Gasteiger partial charge >= 0.3 is 5.97 Å². The highest BCUT2D eigenvalue weighted by Crippen LogP contribution is 2.26. The third kappa shape index (κ3) is 2.75. The lowest BCUT2D eigenvalue weighted by Gasteiger charge is -2.21. The summed E-state index contributed by atoms with van der Waals surface area (Å²) in [4.78, 5) is 10.5. The summed E-state index contributed by atoms with van der Waals surface area (Å²) in [7, 11) is 0. The van der Waals surface area contributed by atoms with Gasteiger partial charge in [0.1, 0.15) is 0 Å². The molecule has 0 aliphatic carbocycles. The van der Waals surface area contributed by atoms with Crippen molar-refractivity contribution in [2.75, 3.05) is 11.5 Å². The molecule has 0 radical (unpaired) electrons. The number of carboxylic acids is 1. The lowest BCUT2D eigenvalue weighted by molar-refractivity contribution is -0.136. The van der Waals surface area contributed by atoms with Gasteiger partial charge in [-0.05, 0) is 24.3 Å². The molecule has 1 aliphatic heterocycles. The summed E-state index contributed by atoms with van der Waals surface area (Å²) in [6, 6.07) is 0.466. The first kappa shape index (κ1) is 10.5. The van der Waals surface area contributed by atoms with Crippen molar-refractivity contribution < 1.29 is 9.90 Å². The summed E-state index contributed by atoms with van der Waals surface area (Å²) in [5.41, 5.74) is 0.792. The van der Waals surface area contributed by atoms with Crippen LogP contribution in [-0.4, -0.2) is 32.4 Å². The van der Waals surface area contributed by atoms with Crippen LogP contribution in [0.2, 0.25) is 0 Å². The summed E-state index contributed by atoms with van der Waals surface area (Å²) in [5.74, 6) is 1.56. The van der Waals surface area contributed by atoms with E-state index in [0.29, 0.717) is 6.04 Å². The van der Waals surface area contributed by atoms with Crippen LogP contribution in [0.5, 0.6) is 0 Å². The Morgan fingerprint density at radius 3 is 3.00 bits per heavy atom. The van der Waals surface area contributed by atoms with Crippen LogP contribution in [0.1, 0.15) is 24.4 Å². The normalized spacial score (nSPS) is 17.9. The zero-order valence-electron chi connectivity index (χ0n) is 8.43. The maximum atomic E-state index is 10.5. The highest BCUT2D eigenvalue weighted by molar-refractivity contribution is 7.99. The second-order valence-electron chi connectivity index (χ2n) is 3.74. The van der Waals surface area contributed by atoms with Crippen molar-refractivity contribution >= 4 is 17.7 Å². The molecule has 0 spiro atoms. The van der Waals surface area contributed by atoms with Gasteiger partial charge in [-0.15, -0.1) is 0 Å². The number of hydrogen-bond acceptors (Lipinski definition) is 3. The first-order chi connectivity index (χ1) is 7.25. The van der Waals surface area contributed by atoms with E-state index in [4.69, 9.17) is 5.11 Å². The monoisotopic (exact) mass is 226 g/mol. The average molecular weight is 226 g/mol. The van der Waals surface area contributed by atoms with E-state index in [1.165, 1.54) is 11.5 Å². The van der Waals surface area contributed by atoms with Gasteiger partial charge in [0.2, 0.25) is 0 Å². The average Bonchev–Trinajstić information content (AvgIpc) is 2.67. The Morgan fingerprint density at radius 1 is 1.60 bits per heavy atom. The fourth-order valence-electron chi connectivity index (χ4n) is 1.79. The molecule has 0 amide bonds. The standard InChI is InChI=1S/C10H14N2O2S/c13-10(14)5-8-6-11-12(7-8)9-1-3-15-4-2-9/h6-7,9H,1-5H2,(H,13,14). The molecule has 2 rings (SSSR count). The predicted molar refractivity (Wildman–Crippen MR) is 59.2 cm³/mol. The van der Waals surface area contributed by atoms with Gasteiger partial charge in [0.25, 0.3) is 0 Å². The van der Waals surface area contributed by atoms with Crippen LogP contribution in [0.25, 0.3) is 0 Å². The van der Waals surface area contributed by atoms with Crippen molar-refractivity contribution in [2.24, 2.45) is 0 Å². The van der Waals surface area contributed by atoms with Crippen molar-refractivity contribution in [1.29, 1.82) is 0 Å². The second kappa shape index (κ2) is 4.70. The molecule has 0 atom stereocenters. The third-order valence-electron chi connectivity index (χ3n) is 2.58. The van der Waals surface area contributed by atoms with Gasteiger partial charge in [-0.3, -0.25) is 9.48 Å². The Kier molecular flexibility index (Phi) is 3.30. The number of hydrogen-bond donors (Lipinski definition) is 1. The van der Waals surface area contributed by atoms with Crippen LogP contribution >= 0.6 is 11.8 Å². The molecule has 1 N–H and O–H groups in total. The van der Waals surface area contributed by atoms with Crippen molar-refractivity contribution in [3.05, 3.63) is 18.0 Å². The lowest BCUT2D eigenvalue weighted by atomic mass is 10.1. The molecule has 2 heterocycles. The molecular formula is C10H14N2O2S. The minimum Gasteiger partial charge on any atom is -0.481 e. The smallest absolute Gasteiger partial charge is 0.307 e. The summed E-state index contributed by atoms with van der Waals surface area (Å²) in [5, 5.41) is 12.9. The largest absolute Gasteiger partial charge is 0.481 e. The molecular weight excluding hydrogens is 212 g/mol. The lowest BCUT2D eigenvalue weighted by Crippen LogP contribution is -2.15. The molecule has 0 aromatic carbocycles. The van der Waals surface area contributed by atoms with E-state index in [-0.39, 0.29) is 6.42 Å². The second-order valence-corrected chi connectivity index (χ2v) is 4.97. The maximum Gasteiger partial charge on any atom is 0.307 e. The van der Waals surface area contributed by atoms with Gasteiger partial charge in [0, 0.05) is 11.8 Å². The van der Waals surface area contributed by atoms with Crippen molar-refractivity contribution in [1.82, 2.24) is 9.78 Å². The molecule has 0 bridgehead atoms. The predicted octanol–water partition coefficient (Wildman–Crippen LogP) is 1.58. The molecule has 82 valence electrons. The van der Waals surface area contributed by atoms with Gasteiger partial charge in [-0.2, -0.15) is 16.9 Å². The van der Waals surface area contributed by atoms with E-state index in [1.54, 1.807) is 6.20 Å². The molecule has 0 unspecified atom stereocenters. The number of aromatic nitrogens is 2. The van der Waals surface area contributed by atoms with Crippen LogP contribution in [-0.2, 0) is 11.2 Å². The van der Waals surface area contributed by atoms with Crippen LogP contribution in [0, 0.1) is 0 Å². The van der Waals surface area contributed by atoms with Crippen LogP contribution in [0.15, 0.2) is 12.4 Å². The Balaban J connectivity index is 2.02. The number of thioether (sulfide) groups is 1. The fraction of sp³-hybridized carbons (Fsp3) is 0.600. The first-order valence-electron chi connectivity index (χ1n) is 5.08. The van der Waals surface area contributed by atoms with E-state index in [1.807, 2.05) is 22.6 Å². The van der Waals surface area contributed by atoms with Crippen molar-refractivity contribution in [2.45, 2.75) is 25.3 Å². The molecule has 1 fully saturated rings. The first-order valence-corrected chi connectivity index (χ1v) is 6.24. The highest BCUT2D eigenvalue weighted by Gasteiger charge is 2.16. The SMILES string of the molecule is O=C(O)Cc1cnn(C2CCSCC2)c1. The highest BCUT2D eigenvalue weighted by atomic mass is 32.2. The summed E-state index contributed by atoms with van der Waals surface area (Å²) in [6.07, 6.45) is 5.88. The number of carboxylic acid groups (broad SMARTS) is 1. The molecule has 1 aromatic rings.